The third-order valence-corrected chi connectivity index (χ3v) is 5.12. The van der Waals surface area contributed by atoms with Gasteiger partial charge in [0.2, 0.25) is 0 Å². The number of benzene rings is 2. The molecule has 1 N–H and O–H groups in total. The van der Waals surface area contributed by atoms with E-state index in [1.54, 1.807) is 38.3 Å². The molecule has 28 heavy (non-hydrogen) atoms. The maximum absolute atomic E-state index is 12.6. The smallest absolute Gasteiger partial charge is 0.341 e. The molecule has 0 atom stereocenters. The number of halogens is 1. The minimum atomic E-state index is -0.490. The van der Waals surface area contributed by atoms with Crippen molar-refractivity contribution >= 4 is 39.8 Å². The highest BCUT2D eigenvalue weighted by molar-refractivity contribution is 7.15. The fraction of sp³-hybridized carbons (Fsp3) is 0.143. The van der Waals surface area contributed by atoms with Crippen LogP contribution >= 0.6 is 22.9 Å². The van der Waals surface area contributed by atoms with Gasteiger partial charge in [-0.15, -0.1) is 11.3 Å². The summed E-state index contributed by atoms with van der Waals surface area (Å²) in [5, 5.41) is 5.51. The number of thiophene rings is 1. The Bertz CT molecular complexity index is 998. The molecule has 1 heterocycles. The molecule has 0 aliphatic rings. The minimum Gasteiger partial charge on any atom is -0.497 e. The summed E-state index contributed by atoms with van der Waals surface area (Å²) >= 11 is 7.23. The molecule has 0 saturated carbocycles. The van der Waals surface area contributed by atoms with E-state index in [0.29, 0.717) is 32.5 Å². The predicted octanol–water partition coefficient (Wildman–Crippen LogP) is 5.51. The van der Waals surface area contributed by atoms with Gasteiger partial charge in [-0.25, -0.2) is 4.79 Å². The summed E-state index contributed by atoms with van der Waals surface area (Å²) in [6.45, 7) is 1.97. The molecule has 0 aliphatic carbocycles. The molecule has 0 radical (unpaired) electrons. The van der Waals surface area contributed by atoms with Gasteiger partial charge in [0, 0.05) is 21.5 Å². The van der Waals surface area contributed by atoms with Crippen LogP contribution in [0.3, 0.4) is 0 Å². The third kappa shape index (κ3) is 4.35. The zero-order valence-electron chi connectivity index (χ0n) is 15.3. The fourth-order valence-electron chi connectivity index (χ4n) is 2.64. The SMILES string of the molecule is CCOC(=O)c1c(-c2ccc(OC)cc2)csc1NC(=O)c1cccc(Cl)c1. The lowest BCUT2D eigenvalue weighted by Crippen LogP contribution is -2.14. The van der Waals surface area contributed by atoms with Gasteiger partial charge in [0.05, 0.1) is 13.7 Å². The molecule has 0 fully saturated rings. The molecule has 0 aliphatic heterocycles. The second-order valence-corrected chi connectivity index (χ2v) is 7.08. The van der Waals surface area contributed by atoms with Gasteiger partial charge >= 0.3 is 5.97 Å². The second-order valence-electron chi connectivity index (χ2n) is 5.77. The molecule has 3 rings (SSSR count). The van der Waals surface area contributed by atoms with Crippen molar-refractivity contribution in [1.82, 2.24) is 0 Å². The van der Waals surface area contributed by atoms with Crippen LogP contribution in [0.5, 0.6) is 5.75 Å². The van der Waals surface area contributed by atoms with Gasteiger partial charge < -0.3 is 14.8 Å². The van der Waals surface area contributed by atoms with Gasteiger partial charge in [-0.1, -0.05) is 29.8 Å². The lowest BCUT2D eigenvalue weighted by molar-refractivity contribution is 0.0529. The van der Waals surface area contributed by atoms with Crippen molar-refractivity contribution in [2.75, 3.05) is 19.0 Å². The molecule has 144 valence electrons. The number of methoxy groups -OCH3 is 1. The highest BCUT2D eigenvalue weighted by atomic mass is 35.5. The first-order chi connectivity index (χ1) is 13.5. The second kappa shape index (κ2) is 8.91. The van der Waals surface area contributed by atoms with E-state index in [1.165, 1.54) is 11.3 Å². The Morgan fingerprint density at radius 1 is 1.14 bits per heavy atom. The average Bonchev–Trinajstić information content (AvgIpc) is 3.11. The van der Waals surface area contributed by atoms with Crippen molar-refractivity contribution in [3.63, 3.8) is 0 Å². The standard InChI is InChI=1S/C21H18ClNO4S/c1-3-27-21(25)18-17(13-7-9-16(26-2)10-8-13)12-28-20(18)23-19(24)14-5-4-6-15(22)11-14/h4-12H,3H2,1-2H3,(H,23,24). The highest BCUT2D eigenvalue weighted by Gasteiger charge is 2.23. The monoisotopic (exact) mass is 415 g/mol. The molecule has 0 spiro atoms. The summed E-state index contributed by atoms with van der Waals surface area (Å²) in [4.78, 5) is 25.2. The Balaban J connectivity index is 1.97. The lowest BCUT2D eigenvalue weighted by atomic mass is 10.0. The van der Waals surface area contributed by atoms with Crippen LogP contribution in [0.25, 0.3) is 11.1 Å². The number of rotatable bonds is 6. The largest absolute Gasteiger partial charge is 0.497 e. The van der Waals surface area contributed by atoms with Crippen molar-refractivity contribution in [2.24, 2.45) is 0 Å². The number of hydrogen-bond donors (Lipinski definition) is 1. The highest BCUT2D eigenvalue weighted by Crippen LogP contribution is 2.37. The van der Waals surface area contributed by atoms with E-state index in [9.17, 15) is 9.59 Å². The molecule has 1 amide bonds. The lowest BCUT2D eigenvalue weighted by Gasteiger charge is -2.09. The van der Waals surface area contributed by atoms with Crippen molar-refractivity contribution < 1.29 is 19.1 Å². The fourth-order valence-corrected chi connectivity index (χ4v) is 3.79. The zero-order valence-corrected chi connectivity index (χ0v) is 16.9. The van der Waals surface area contributed by atoms with Crippen molar-refractivity contribution in [1.29, 1.82) is 0 Å². The first kappa shape index (κ1) is 19.9. The third-order valence-electron chi connectivity index (χ3n) is 3.99. The summed E-state index contributed by atoms with van der Waals surface area (Å²) in [6.07, 6.45) is 0. The average molecular weight is 416 g/mol. The first-order valence-corrected chi connectivity index (χ1v) is 9.79. The van der Waals surface area contributed by atoms with Crippen LogP contribution < -0.4 is 10.1 Å². The maximum Gasteiger partial charge on any atom is 0.341 e. The summed E-state index contributed by atoms with van der Waals surface area (Å²) in [5.41, 5.74) is 2.24. The number of nitrogens with one attached hydrogen (secondary N) is 1. The van der Waals surface area contributed by atoms with E-state index >= 15 is 0 Å². The van der Waals surface area contributed by atoms with Crippen LogP contribution in [0.15, 0.2) is 53.9 Å². The Labute approximate surface area is 171 Å². The molecule has 7 heteroatoms. The van der Waals surface area contributed by atoms with Gasteiger partial charge in [0.15, 0.2) is 0 Å². The summed E-state index contributed by atoms with van der Waals surface area (Å²) in [5.74, 6) is -0.127. The Morgan fingerprint density at radius 3 is 2.54 bits per heavy atom. The number of carbonyl (C=O) groups excluding carboxylic acids is 2. The van der Waals surface area contributed by atoms with Gasteiger partial charge in [-0.3, -0.25) is 4.79 Å². The number of hydrogen-bond acceptors (Lipinski definition) is 5. The van der Waals surface area contributed by atoms with E-state index in [0.717, 1.165) is 5.56 Å². The number of anilines is 1. The minimum absolute atomic E-state index is 0.235. The zero-order chi connectivity index (χ0) is 20.1. The van der Waals surface area contributed by atoms with Crippen molar-refractivity contribution in [3.05, 3.63) is 70.1 Å². The van der Waals surface area contributed by atoms with Crippen LogP contribution in [0, 0.1) is 0 Å². The number of ether oxygens (including phenoxy) is 2. The molecular weight excluding hydrogens is 398 g/mol. The normalized spacial score (nSPS) is 10.4. The van der Waals surface area contributed by atoms with Crippen LogP contribution in [0.2, 0.25) is 5.02 Å². The first-order valence-electron chi connectivity index (χ1n) is 8.53. The Kier molecular flexibility index (Phi) is 6.34. The predicted molar refractivity (Wildman–Crippen MR) is 112 cm³/mol. The maximum atomic E-state index is 12.6. The van der Waals surface area contributed by atoms with E-state index in [1.807, 2.05) is 29.6 Å². The quantitative estimate of drug-likeness (QED) is 0.539. The summed E-state index contributed by atoms with van der Waals surface area (Å²) < 4.78 is 10.4. The number of esters is 1. The Morgan fingerprint density at radius 2 is 1.89 bits per heavy atom. The van der Waals surface area contributed by atoms with Crippen LogP contribution in [0.1, 0.15) is 27.6 Å². The van der Waals surface area contributed by atoms with Gasteiger partial charge in [-0.05, 0) is 42.8 Å². The molecule has 0 saturated heterocycles. The Hall–Kier alpha value is -2.83. The van der Waals surface area contributed by atoms with Crippen molar-refractivity contribution in [3.8, 4) is 16.9 Å². The molecule has 0 bridgehead atoms. The molecule has 0 unspecified atom stereocenters. The van der Waals surface area contributed by atoms with E-state index in [-0.39, 0.29) is 12.5 Å². The molecular formula is C21H18ClNO4S. The van der Waals surface area contributed by atoms with Crippen LogP contribution in [-0.4, -0.2) is 25.6 Å². The molecule has 3 aromatic rings. The van der Waals surface area contributed by atoms with E-state index in [2.05, 4.69) is 5.32 Å². The number of carbonyl (C=O) groups is 2. The van der Waals surface area contributed by atoms with E-state index < -0.39 is 5.97 Å². The van der Waals surface area contributed by atoms with Crippen molar-refractivity contribution in [2.45, 2.75) is 6.92 Å². The topological polar surface area (TPSA) is 64.6 Å². The molecule has 1 aromatic heterocycles. The number of amides is 1. The van der Waals surface area contributed by atoms with Crippen LogP contribution in [-0.2, 0) is 4.74 Å². The molecule has 2 aromatic carbocycles. The summed E-state index contributed by atoms with van der Waals surface area (Å²) in [6, 6.07) is 13.9. The van der Waals surface area contributed by atoms with Gasteiger partial charge in [-0.2, -0.15) is 0 Å². The van der Waals surface area contributed by atoms with E-state index in [4.69, 9.17) is 21.1 Å². The van der Waals surface area contributed by atoms with Gasteiger partial charge in [0.1, 0.15) is 16.3 Å². The van der Waals surface area contributed by atoms with Gasteiger partial charge in [0.25, 0.3) is 5.91 Å². The molecule has 5 nitrogen and oxygen atoms in total. The van der Waals surface area contributed by atoms with Crippen LogP contribution in [0.4, 0.5) is 5.00 Å². The summed E-state index contributed by atoms with van der Waals surface area (Å²) in [7, 11) is 1.59.